The van der Waals surface area contributed by atoms with Crippen molar-refractivity contribution in [2.24, 2.45) is 5.92 Å². The van der Waals surface area contributed by atoms with Crippen molar-refractivity contribution in [2.75, 3.05) is 13.2 Å². The van der Waals surface area contributed by atoms with Crippen LogP contribution in [-0.2, 0) is 10.2 Å². The highest BCUT2D eigenvalue weighted by atomic mass is 16.6. The molecule has 0 radical (unpaired) electrons. The molecule has 1 aliphatic rings. The number of aryl methyl sites for hydroxylation is 1. The van der Waals surface area contributed by atoms with Gasteiger partial charge in [0.1, 0.15) is 5.60 Å². The van der Waals surface area contributed by atoms with Crippen LogP contribution in [0, 0.1) is 12.8 Å². The van der Waals surface area contributed by atoms with Gasteiger partial charge in [0.2, 0.25) is 0 Å². The molecule has 1 saturated carbocycles. The van der Waals surface area contributed by atoms with Gasteiger partial charge in [-0.25, -0.2) is 4.79 Å². The highest BCUT2D eigenvalue weighted by Crippen LogP contribution is 2.53. The van der Waals surface area contributed by atoms with Crippen molar-refractivity contribution in [2.45, 2.75) is 45.1 Å². The minimum atomic E-state index is -0.499. The summed E-state index contributed by atoms with van der Waals surface area (Å²) in [5.74, 6) is 0.204. The Hall–Kier alpha value is -1.55. The van der Waals surface area contributed by atoms with Crippen LogP contribution in [0.5, 0.6) is 0 Å². The van der Waals surface area contributed by atoms with Crippen LogP contribution in [0.2, 0.25) is 0 Å². The normalized spacial score (nSPS) is 24.5. The van der Waals surface area contributed by atoms with Gasteiger partial charge in [0.05, 0.1) is 0 Å². The van der Waals surface area contributed by atoms with Gasteiger partial charge in [-0.3, -0.25) is 0 Å². The molecule has 4 heteroatoms. The van der Waals surface area contributed by atoms with Crippen LogP contribution in [0.4, 0.5) is 4.79 Å². The van der Waals surface area contributed by atoms with Crippen LogP contribution >= 0.6 is 0 Å². The minimum Gasteiger partial charge on any atom is -0.444 e. The molecule has 0 spiro atoms. The number of aliphatic hydroxyl groups excluding tert-OH is 1. The number of amides is 1. The molecule has 0 aromatic heterocycles. The molecule has 4 nitrogen and oxygen atoms in total. The van der Waals surface area contributed by atoms with Crippen LogP contribution < -0.4 is 5.32 Å². The average Bonchev–Trinajstić information content (AvgIpc) is 3.10. The third-order valence-corrected chi connectivity index (χ3v) is 4.03. The molecule has 1 fully saturated rings. The molecule has 0 saturated heterocycles. The summed E-state index contributed by atoms with van der Waals surface area (Å²) in [6.07, 6.45) is 0.486. The quantitative estimate of drug-likeness (QED) is 0.897. The molecule has 1 aliphatic carbocycles. The molecule has 2 atom stereocenters. The van der Waals surface area contributed by atoms with Crippen LogP contribution in [-0.4, -0.2) is 30.0 Å². The fourth-order valence-corrected chi connectivity index (χ4v) is 2.72. The number of nitrogens with one attached hydrogen (secondary N) is 1. The van der Waals surface area contributed by atoms with Gasteiger partial charge in [-0.15, -0.1) is 0 Å². The molecule has 1 aromatic rings. The summed E-state index contributed by atoms with van der Waals surface area (Å²) in [5.41, 5.74) is 1.72. The zero-order valence-corrected chi connectivity index (χ0v) is 13.3. The van der Waals surface area contributed by atoms with Crippen LogP contribution in [0.15, 0.2) is 24.3 Å². The van der Waals surface area contributed by atoms with E-state index in [-0.39, 0.29) is 17.9 Å². The Morgan fingerprint density at radius 2 is 2.00 bits per heavy atom. The first kappa shape index (κ1) is 15.8. The predicted molar refractivity (Wildman–Crippen MR) is 82.3 cm³/mol. The molecular formula is C17H25NO3. The van der Waals surface area contributed by atoms with Crippen LogP contribution in [0.1, 0.15) is 38.3 Å². The molecule has 0 aliphatic heterocycles. The number of alkyl carbamates (subject to hydrolysis) is 1. The Bertz CT molecular complexity index is 504. The molecule has 1 amide bonds. The van der Waals surface area contributed by atoms with Gasteiger partial charge in [-0.1, -0.05) is 29.8 Å². The number of carbonyl (C=O) groups excluding carboxylic acids is 1. The summed E-state index contributed by atoms with van der Waals surface area (Å²) in [6.45, 7) is 8.22. The van der Waals surface area contributed by atoms with Gasteiger partial charge in [-0.05, 0) is 45.6 Å². The van der Waals surface area contributed by atoms with Gasteiger partial charge >= 0.3 is 6.09 Å². The van der Waals surface area contributed by atoms with Crippen molar-refractivity contribution in [1.82, 2.24) is 5.32 Å². The van der Waals surface area contributed by atoms with Crippen molar-refractivity contribution in [3.8, 4) is 0 Å². The second-order valence-corrected chi connectivity index (χ2v) is 6.96. The zero-order chi connectivity index (χ0) is 15.7. The molecule has 1 unspecified atom stereocenters. The standard InChI is InChI=1S/C17H25NO3/c1-12-5-7-13(8-6-12)17(9-14(17)10-19)11-18-15(20)21-16(2,3)4/h5-8,14,19H,9-11H2,1-4H3,(H,18,20)/t14-,17?/m1/s1. The summed E-state index contributed by atoms with van der Waals surface area (Å²) < 4.78 is 5.27. The van der Waals surface area contributed by atoms with Crippen molar-refractivity contribution >= 4 is 6.09 Å². The fraction of sp³-hybridized carbons (Fsp3) is 0.588. The van der Waals surface area contributed by atoms with Crippen molar-refractivity contribution in [1.29, 1.82) is 0 Å². The Kier molecular flexibility index (Phi) is 4.28. The largest absolute Gasteiger partial charge is 0.444 e. The van der Waals surface area contributed by atoms with Gasteiger partial charge in [0, 0.05) is 18.6 Å². The van der Waals surface area contributed by atoms with Crippen molar-refractivity contribution in [3.63, 3.8) is 0 Å². The number of ether oxygens (including phenoxy) is 1. The van der Waals surface area contributed by atoms with Crippen molar-refractivity contribution in [3.05, 3.63) is 35.4 Å². The minimum absolute atomic E-state index is 0.143. The maximum Gasteiger partial charge on any atom is 0.407 e. The van der Waals surface area contributed by atoms with E-state index >= 15 is 0 Å². The topological polar surface area (TPSA) is 58.6 Å². The molecule has 1 aromatic carbocycles. The van der Waals surface area contributed by atoms with E-state index in [1.807, 2.05) is 27.7 Å². The number of carbonyl (C=O) groups is 1. The zero-order valence-electron chi connectivity index (χ0n) is 13.3. The molecule has 116 valence electrons. The van der Waals surface area contributed by atoms with E-state index < -0.39 is 11.7 Å². The van der Waals surface area contributed by atoms with Gasteiger partial charge < -0.3 is 15.2 Å². The monoisotopic (exact) mass is 291 g/mol. The lowest BCUT2D eigenvalue weighted by molar-refractivity contribution is 0.0520. The van der Waals surface area contributed by atoms with E-state index in [0.29, 0.717) is 6.54 Å². The molecule has 21 heavy (non-hydrogen) atoms. The summed E-state index contributed by atoms with van der Waals surface area (Å²) in [4.78, 5) is 11.8. The van der Waals surface area contributed by atoms with E-state index in [4.69, 9.17) is 4.74 Å². The average molecular weight is 291 g/mol. The third kappa shape index (κ3) is 3.76. The SMILES string of the molecule is Cc1ccc(C2(CNC(=O)OC(C)(C)C)C[C@@H]2CO)cc1. The second kappa shape index (κ2) is 5.68. The van der Waals surface area contributed by atoms with E-state index in [9.17, 15) is 9.90 Å². The molecule has 0 heterocycles. The number of aliphatic hydroxyl groups is 1. The van der Waals surface area contributed by atoms with Gasteiger partial charge in [0.25, 0.3) is 0 Å². The first-order valence-corrected chi connectivity index (χ1v) is 7.42. The summed E-state index contributed by atoms with van der Waals surface area (Å²) in [6, 6.07) is 8.30. The van der Waals surface area contributed by atoms with Crippen molar-refractivity contribution < 1.29 is 14.6 Å². The number of benzene rings is 1. The smallest absolute Gasteiger partial charge is 0.407 e. The van der Waals surface area contributed by atoms with E-state index in [1.54, 1.807) is 0 Å². The molecule has 2 N–H and O–H groups in total. The summed E-state index contributed by atoms with van der Waals surface area (Å²) in [7, 11) is 0. The number of hydrogen-bond acceptors (Lipinski definition) is 3. The maximum atomic E-state index is 11.8. The summed E-state index contributed by atoms with van der Waals surface area (Å²) in [5, 5.41) is 12.3. The lowest BCUT2D eigenvalue weighted by Gasteiger charge is -2.23. The fourth-order valence-electron chi connectivity index (χ4n) is 2.72. The molecule has 0 bridgehead atoms. The Labute approximate surface area is 126 Å². The second-order valence-electron chi connectivity index (χ2n) is 6.96. The first-order valence-electron chi connectivity index (χ1n) is 7.42. The molecular weight excluding hydrogens is 266 g/mol. The van der Waals surface area contributed by atoms with E-state index in [0.717, 1.165) is 6.42 Å². The van der Waals surface area contributed by atoms with E-state index in [1.165, 1.54) is 11.1 Å². The Morgan fingerprint density at radius 3 is 2.48 bits per heavy atom. The third-order valence-electron chi connectivity index (χ3n) is 4.03. The highest BCUT2D eigenvalue weighted by Gasteiger charge is 2.54. The molecule has 2 rings (SSSR count). The summed E-state index contributed by atoms with van der Waals surface area (Å²) >= 11 is 0. The van der Waals surface area contributed by atoms with Gasteiger partial charge in [-0.2, -0.15) is 0 Å². The first-order chi connectivity index (χ1) is 9.77. The Morgan fingerprint density at radius 1 is 1.38 bits per heavy atom. The highest BCUT2D eigenvalue weighted by molar-refractivity contribution is 5.68. The maximum absolute atomic E-state index is 11.8. The number of hydrogen-bond donors (Lipinski definition) is 2. The number of rotatable bonds is 4. The predicted octanol–water partition coefficient (Wildman–Crippen LogP) is 2.77. The lowest BCUT2D eigenvalue weighted by Crippen LogP contribution is -2.37. The van der Waals surface area contributed by atoms with E-state index in [2.05, 4.69) is 29.6 Å². The van der Waals surface area contributed by atoms with Crippen LogP contribution in [0.25, 0.3) is 0 Å². The Balaban J connectivity index is 2.04. The van der Waals surface area contributed by atoms with Gasteiger partial charge in [0.15, 0.2) is 0 Å². The lowest BCUT2D eigenvalue weighted by atomic mass is 9.92. The van der Waals surface area contributed by atoms with Crippen LogP contribution in [0.3, 0.4) is 0 Å².